The van der Waals surface area contributed by atoms with E-state index in [-0.39, 0.29) is 0 Å². The molecule has 0 aliphatic rings. The molecule has 1 heterocycles. The third-order valence-electron chi connectivity index (χ3n) is 2.51. The fourth-order valence-corrected chi connectivity index (χ4v) is 1.59. The zero-order valence-electron chi connectivity index (χ0n) is 10.0. The smallest absolute Gasteiger partial charge is 0.338 e. The number of nitrogens with one attached hydrogen (secondary N) is 2. The fraction of sp³-hybridized carbons (Fsp3) is 0.250. The Balaban J connectivity index is 2.37. The first-order chi connectivity index (χ1) is 8.06. The van der Waals surface area contributed by atoms with Crippen LogP contribution in [0.5, 0.6) is 0 Å². The number of H-pyrrole nitrogens is 1. The largest absolute Gasteiger partial charge is 0.363 e. The van der Waals surface area contributed by atoms with Gasteiger partial charge < -0.3 is 5.32 Å². The van der Waals surface area contributed by atoms with Gasteiger partial charge in [0, 0.05) is 5.69 Å². The molecule has 0 radical (unpaired) electrons. The number of nitrogens with zero attached hydrogens (tertiary/aromatic N) is 2. The first kappa shape index (κ1) is 11.3. The maximum atomic E-state index is 11.1. The Hall–Kier alpha value is -2.17. The molecule has 2 aromatic rings. The molecular formula is C12H14N4O. The predicted molar refractivity (Wildman–Crippen MR) is 66.6 cm³/mol. The maximum absolute atomic E-state index is 11.1. The van der Waals surface area contributed by atoms with Crippen molar-refractivity contribution in [1.29, 1.82) is 0 Å². The molecule has 0 saturated carbocycles. The Morgan fingerprint density at radius 3 is 2.71 bits per heavy atom. The molecule has 88 valence electrons. The highest BCUT2D eigenvalue weighted by atomic mass is 16.1. The minimum atomic E-state index is -0.456. The van der Waals surface area contributed by atoms with E-state index >= 15 is 0 Å². The Kier molecular flexibility index (Phi) is 2.91. The summed E-state index contributed by atoms with van der Waals surface area (Å²) in [7, 11) is 0. The van der Waals surface area contributed by atoms with E-state index in [4.69, 9.17) is 0 Å². The Bertz CT molecular complexity index is 604. The fourth-order valence-electron chi connectivity index (χ4n) is 1.59. The SMILES string of the molecule is Cc1ccc(Nc2nc(=O)[nH]nc2C)c(C)c1. The van der Waals surface area contributed by atoms with Gasteiger partial charge in [0.05, 0.1) is 0 Å². The van der Waals surface area contributed by atoms with Crippen LogP contribution in [-0.2, 0) is 0 Å². The molecule has 0 aliphatic heterocycles. The summed E-state index contributed by atoms with van der Waals surface area (Å²) in [6.07, 6.45) is 0. The number of aromatic amines is 1. The summed E-state index contributed by atoms with van der Waals surface area (Å²) in [5.74, 6) is 0.487. The second kappa shape index (κ2) is 4.37. The zero-order valence-corrected chi connectivity index (χ0v) is 10.0. The monoisotopic (exact) mass is 230 g/mol. The molecule has 0 bridgehead atoms. The van der Waals surface area contributed by atoms with Gasteiger partial charge in [0.25, 0.3) is 0 Å². The molecule has 0 atom stereocenters. The zero-order chi connectivity index (χ0) is 12.4. The molecule has 0 saturated heterocycles. The summed E-state index contributed by atoms with van der Waals surface area (Å²) < 4.78 is 0. The van der Waals surface area contributed by atoms with E-state index in [0.29, 0.717) is 11.5 Å². The second-order valence-corrected chi connectivity index (χ2v) is 4.02. The van der Waals surface area contributed by atoms with E-state index in [2.05, 4.69) is 26.6 Å². The van der Waals surface area contributed by atoms with Gasteiger partial charge in [-0.05, 0) is 32.4 Å². The number of aromatic nitrogens is 3. The minimum absolute atomic E-state index is 0.456. The average molecular weight is 230 g/mol. The van der Waals surface area contributed by atoms with Gasteiger partial charge in [-0.2, -0.15) is 10.1 Å². The molecule has 0 aliphatic carbocycles. The third kappa shape index (κ3) is 2.50. The van der Waals surface area contributed by atoms with Crippen LogP contribution in [0.2, 0.25) is 0 Å². The van der Waals surface area contributed by atoms with Gasteiger partial charge in [0.1, 0.15) is 5.69 Å². The van der Waals surface area contributed by atoms with E-state index in [1.54, 1.807) is 6.92 Å². The summed E-state index contributed by atoms with van der Waals surface area (Å²) >= 11 is 0. The van der Waals surface area contributed by atoms with Crippen molar-refractivity contribution in [2.45, 2.75) is 20.8 Å². The van der Waals surface area contributed by atoms with Gasteiger partial charge in [0.2, 0.25) is 0 Å². The topological polar surface area (TPSA) is 70.7 Å². The molecule has 2 rings (SSSR count). The van der Waals surface area contributed by atoms with Gasteiger partial charge in [-0.25, -0.2) is 9.89 Å². The van der Waals surface area contributed by atoms with Crippen LogP contribution in [0.3, 0.4) is 0 Å². The summed E-state index contributed by atoms with van der Waals surface area (Å²) in [5.41, 5.74) is 3.43. The number of benzene rings is 1. The van der Waals surface area contributed by atoms with Crippen molar-refractivity contribution in [2.24, 2.45) is 0 Å². The quantitative estimate of drug-likeness (QED) is 0.825. The first-order valence-electron chi connectivity index (χ1n) is 5.34. The third-order valence-corrected chi connectivity index (χ3v) is 2.51. The van der Waals surface area contributed by atoms with E-state index in [9.17, 15) is 4.79 Å². The van der Waals surface area contributed by atoms with Crippen LogP contribution in [0.15, 0.2) is 23.0 Å². The molecule has 0 spiro atoms. The molecule has 0 amide bonds. The number of hydrogen-bond donors (Lipinski definition) is 2. The lowest BCUT2D eigenvalue weighted by atomic mass is 10.1. The number of aryl methyl sites for hydroxylation is 3. The summed E-state index contributed by atoms with van der Waals surface area (Å²) in [6.45, 7) is 5.83. The molecule has 0 fully saturated rings. The molecule has 0 unspecified atom stereocenters. The van der Waals surface area contributed by atoms with Crippen LogP contribution in [0.1, 0.15) is 16.8 Å². The van der Waals surface area contributed by atoms with Crippen molar-refractivity contribution in [1.82, 2.24) is 15.2 Å². The Labute approximate surface area is 98.9 Å². The first-order valence-corrected chi connectivity index (χ1v) is 5.34. The standard InChI is InChI=1S/C12H14N4O/c1-7-4-5-10(8(2)6-7)13-11-9(3)15-16-12(17)14-11/h4-6H,1-3H3,(H2,13,14,16,17). The highest BCUT2D eigenvalue weighted by molar-refractivity contribution is 5.61. The van der Waals surface area contributed by atoms with E-state index in [1.165, 1.54) is 5.56 Å². The molecule has 2 N–H and O–H groups in total. The number of hydrogen-bond acceptors (Lipinski definition) is 4. The molecule has 1 aromatic heterocycles. The molecule has 17 heavy (non-hydrogen) atoms. The van der Waals surface area contributed by atoms with Gasteiger partial charge in [-0.15, -0.1) is 0 Å². The Morgan fingerprint density at radius 1 is 1.24 bits per heavy atom. The minimum Gasteiger partial charge on any atom is -0.338 e. The lowest BCUT2D eigenvalue weighted by Gasteiger charge is -2.10. The van der Waals surface area contributed by atoms with Crippen molar-refractivity contribution in [3.8, 4) is 0 Å². The Morgan fingerprint density at radius 2 is 2.00 bits per heavy atom. The van der Waals surface area contributed by atoms with Gasteiger partial charge >= 0.3 is 5.69 Å². The normalized spacial score (nSPS) is 10.3. The highest BCUT2D eigenvalue weighted by Gasteiger charge is 2.05. The van der Waals surface area contributed by atoms with Crippen molar-refractivity contribution in [3.05, 3.63) is 45.5 Å². The van der Waals surface area contributed by atoms with Crippen molar-refractivity contribution in [3.63, 3.8) is 0 Å². The molecular weight excluding hydrogens is 216 g/mol. The van der Waals surface area contributed by atoms with Crippen LogP contribution in [0, 0.1) is 20.8 Å². The van der Waals surface area contributed by atoms with Crippen LogP contribution in [-0.4, -0.2) is 15.2 Å². The summed E-state index contributed by atoms with van der Waals surface area (Å²) in [4.78, 5) is 14.9. The van der Waals surface area contributed by atoms with Crippen LogP contribution in [0.25, 0.3) is 0 Å². The van der Waals surface area contributed by atoms with Gasteiger partial charge in [-0.3, -0.25) is 0 Å². The summed E-state index contributed by atoms with van der Waals surface area (Å²) in [6, 6.07) is 6.04. The van der Waals surface area contributed by atoms with E-state index in [0.717, 1.165) is 11.3 Å². The van der Waals surface area contributed by atoms with Gasteiger partial charge in [-0.1, -0.05) is 17.7 Å². The molecule has 1 aromatic carbocycles. The van der Waals surface area contributed by atoms with Crippen molar-refractivity contribution < 1.29 is 0 Å². The van der Waals surface area contributed by atoms with Crippen LogP contribution < -0.4 is 11.0 Å². The number of anilines is 2. The highest BCUT2D eigenvalue weighted by Crippen LogP contribution is 2.20. The van der Waals surface area contributed by atoms with E-state index in [1.807, 2.05) is 26.0 Å². The van der Waals surface area contributed by atoms with Crippen LogP contribution >= 0.6 is 0 Å². The van der Waals surface area contributed by atoms with E-state index < -0.39 is 5.69 Å². The molecule has 5 heteroatoms. The predicted octanol–water partition coefficient (Wildman–Crippen LogP) is 1.83. The average Bonchev–Trinajstić information content (AvgIpc) is 2.27. The lowest BCUT2D eigenvalue weighted by Crippen LogP contribution is -2.15. The maximum Gasteiger partial charge on any atom is 0.363 e. The number of rotatable bonds is 2. The van der Waals surface area contributed by atoms with Crippen LogP contribution in [0.4, 0.5) is 11.5 Å². The van der Waals surface area contributed by atoms with Crippen molar-refractivity contribution >= 4 is 11.5 Å². The summed E-state index contributed by atoms with van der Waals surface area (Å²) in [5, 5.41) is 9.27. The second-order valence-electron chi connectivity index (χ2n) is 4.02. The van der Waals surface area contributed by atoms with Gasteiger partial charge in [0.15, 0.2) is 5.82 Å². The molecule has 5 nitrogen and oxygen atoms in total. The lowest BCUT2D eigenvalue weighted by molar-refractivity contribution is 0.884. The van der Waals surface area contributed by atoms with Crippen molar-refractivity contribution in [2.75, 3.05) is 5.32 Å².